The molecule has 3 nitrogen and oxygen atoms in total. The fourth-order valence-corrected chi connectivity index (χ4v) is 1.91. The molecule has 100 valence electrons. The molecule has 18 heavy (non-hydrogen) atoms. The van der Waals surface area contributed by atoms with Gasteiger partial charge in [-0.15, -0.1) is 0 Å². The fraction of sp³-hybridized carbons (Fsp3) is 0.500. The molecule has 1 unspecified atom stereocenters. The summed E-state index contributed by atoms with van der Waals surface area (Å²) in [6, 6.07) is 7.57. The average molecular weight is 269 g/mol. The van der Waals surface area contributed by atoms with Crippen molar-refractivity contribution >= 4 is 17.5 Å². The monoisotopic (exact) mass is 268 g/mol. The quantitative estimate of drug-likeness (QED) is 0.863. The molecule has 0 aromatic heterocycles. The Morgan fingerprint density at radius 1 is 1.50 bits per heavy atom. The number of hydrogen-bond donors (Lipinski definition) is 2. The fourth-order valence-electron chi connectivity index (χ4n) is 1.72. The lowest BCUT2D eigenvalue weighted by Crippen LogP contribution is -2.41. The molecule has 1 atom stereocenters. The Bertz CT molecular complexity index is 416. The zero-order valence-corrected chi connectivity index (χ0v) is 11.9. The highest BCUT2D eigenvalue weighted by Gasteiger charge is 2.22. The number of nitrogens with one attached hydrogen (secondary N) is 1. The van der Waals surface area contributed by atoms with Gasteiger partial charge >= 0.3 is 0 Å². The van der Waals surface area contributed by atoms with Crippen LogP contribution in [0.2, 0.25) is 5.02 Å². The van der Waals surface area contributed by atoms with E-state index in [0.717, 1.165) is 5.56 Å². The average Bonchev–Trinajstić information content (AvgIpc) is 2.26. The predicted octanol–water partition coefficient (Wildman–Crippen LogP) is 2.82. The van der Waals surface area contributed by atoms with E-state index in [-0.39, 0.29) is 11.9 Å². The van der Waals surface area contributed by atoms with Gasteiger partial charge in [0.25, 0.3) is 0 Å². The standard InChI is InChI=1S/C14H21ClN2O/c1-10(16)7-8-13(18)17-14(2,3)11-5-4-6-12(15)9-11/h4-6,9-10H,7-8,16H2,1-3H3,(H,17,18). The van der Waals surface area contributed by atoms with Gasteiger partial charge in [0.05, 0.1) is 5.54 Å². The zero-order chi connectivity index (χ0) is 13.8. The molecule has 0 bridgehead atoms. The molecule has 0 saturated heterocycles. The van der Waals surface area contributed by atoms with E-state index >= 15 is 0 Å². The van der Waals surface area contributed by atoms with Crippen LogP contribution in [0.3, 0.4) is 0 Å². The first-order valence-corrected chi connectivity index (χ1v) is 6.51. The second kappa shape index (κ2) is 6.21. The van der Waals surface area contributed by atoms with Gasteiger partial charge in [0.15, 0.2) is 0 Å². The first-order valence-electron chi connectivity index (χ1n) is 6.14. The van der Waals surface area contributed by atoms with Crippen LogP contribution in [-0.4, -0.2) is 11.9 Å². The zero-order valence-electron chi connectivity index (χ0n) is 11.2. The van der Waals surface area contributed by atoms with Crippen molar-refractivity contribution in [3.63, 3.8) is 0 Å². The molecule has 0 aliphatic heterocycles. The molecule has 0 aliphatic carbocycles. The number of hydrogen-bond acceptors (Lipinski definition) is 2. The Morgan fingerprint density at radius 3 is 2.72 bits per heavy atom. The molecule has 3 N–H and O–H groups in total. The van der Waals surface area contributed by atoms with Crippen LogP contribution in [0.1, 0.15) is 39.2 Å². The molecule has 1 aromatic carbocycles. The Kier molecular flexibility index (Phi) is 5.17. The highest BCUT2D eigenvalue weighted by molar-refractivity contribution is 6.30. The summed E-state index contributed by atoms with van der Waals surface area (Å²) in [6.07, 6.45) is 1.14. The lowest BCUT2D eigenvalue weighted by atomic mass is 9.94. The summed E-state index contributed by atoms with van der Waals surface area (Å²) in [5, 5.41) is 3.67. The first kappa shape index (κ1) is 15.0. The topological polar surface area (TPSA) is 55.1 Å². The largest absolute Gasteiger partial charge is 0.347 e. The maximum atomic E-state index is 11.8. The molecule has 4 heteroatoms. The molecule has 0 aliphatic rings. The van der Waals surface area contributed by atoms with E-state index < -0.39 is 5.54 Å². The van der Waals surface area contributed by atoms with Crippen LogP contribution in [0.15, 0.2) is 24.3 Å². The van der Waals surface area contributed by atoms with Crippen molar-refractivity contribution in [2.45, 2.75) is 45.2 Å². The van der Waals surface area contributed by atoms with Gasteiger partial charge in [-0.25, -0.2) is 0 Å². The first-order chi connectivity index (χ1) is 8.31. The van der Waals surface area contributed by atoms with E-state index in [1.165, 1.54) is 0 Å². The number of rotatable bonds is 5. The van der Waals surface area contributed by atoms with Crippen LogP contribution in [0.25, 0.3) is 0 Å². The van der Waals surface area contributed by atoms with E-state index in [0.29, 0.717) is 17.9 Å². The lowest BCUT2D eigenvalue weighted by Gasteiger charge is -2.27. The number of halogens is 1. The van der Waals surface area contributed by atoms with Crippen molar-refractivity contribution in [2.24, 2.45) is 5.73 Å². The van der Waals surface area contributed by atoms with Gasteiger partial charge in [-0.2, -0.15) is 0 Å². The smallest absolute Gasteiger partial charge is 0.220 e. The Morgan fingerprint density at radius 2 is 2.17 bits per heavy atom. The SMILES string of the molecule is CC(N)CCC(=O)NC(C)(C)c1cccc(Cl)c1. The van der Waals surface area contributed by atoms with Crippen molar-refractivity contribution < 1.29 is 4.79 Å². The third-order valence-electron chi connectivity index (χ3n) is 2.82. The number of amides is 1. The summed E-state index contributed by atoms with van der Waals surface area (Å²) in [5.74, 6) is 0.0114. The third-order valence-corrected chi connectivity index (χ3v) is 3.06. The van der Waals surface area contributed by atoms with Crippen LogP contribution in [0.5, 0.6) is 0 Å². The van der Waals surface area contributed by atoms with Crippen molar-refractivity contribution in [1.29, 1.82) is 0 Å². The summed E-state index contributed by atoms with van der Waals surface area (Å²) in [7, 11) is 0. The minimum absolute atomic E-state index is 0.0114. The van der Waals surface area contributed by atoms with Gasteiger partial charge < -0.3 is 11.1 Å². The number of carbonyl (C=O) groups is 1. The molecule has 0 spiro atoms. The van der Waals surface area contributed by atoms with Crippen LogP contribution >= 0.6 is 11.6 Å². The van der Waals surface area contributed by atoms with Crippen LogP contribution in [0, 0.1) is 0 Å². The molecule has 0 radical (unpaired) electrons. The molecule has 1 amide bonds. The molecular weight excluding hydrogens is 248 g/mol. The van der Waals surface area contributed by atoms with E-state index in [4.69, 9.17) is 17.3 Å². The molecule has 1 rings (SSSR count). The maximum absolute atomic E-state index is 11.8. The van der Waals surface area contributed by atoms with Gasteiger partial charge in [0, 0.05) is 17.5 Å². The van der Waals surface area contributed by atoms with Crippen LogP contribution < -0.4 is 11.1 Å². The van der Waals surface area contributed by atoms with Gasteiger partial charge in [0.2, 0.25) is 5.91 Å². The van der Waals surface area contributed by atoms with Crippen molar-refractivity contribution in [3.05, 3.63) is 34.9 Å². The molecule has 0 saturated carbocycles. The van der Waals surface area contributed by atoms with Crippen LogP contribution in [-0.2, 0) is 10.3 Å². The Hall–Kier alpha value is -1.06. The van der Waals surface area contributed by atoms with Crippen molar-refractivity contribution in [1.82, 2.24) is 5.32 Å². The third kappa shape index (κ3) is 4.67. The summed E-state index contributed by atoms with van der Waals surface area (Å²) in [6.45, 7) is 5.82. The van der Waals surface area contributed by atoms with E-state index in [1.807, 2.05) is 45.0 Å². The van der Waals surface area contributed by atoms with E-state index in [2.05, 4.69) is 5.32 Å². The predicted molar refractivity (Wildman–Crippen MR) is 75.5 cm³/mol. The second-order valence-corrected chi connectivity index (χ2v) is 5.64. The summed E-state index contributed by atoms with van der Waals surface area (Å²) < 4.78 is 0. The Labute approximate surface area is 114 Å². The minimum atomic E-state index is -0.431. The molecule has 1 aromatic rings. The van der Waals surface area contributed by atoms with Gasteiger partial charge in [-0.05, 0) is 44.9 Å². The lowest BCUT2D eigenvalue weighted by molar-refractivity contribution is -0.122. The Balaban J connectivity index is 2.67. The minimum Gasteiger partial charge on any atom is -0.347 e. The van der Waals surface area contributed by atoms with Crippen molar-refractivity contribution in [3.8, 4) is 0 Å². The number of carbonyl (C=O) groups excluding carboxylic acids is 1. The normalized spacial score (nSPS) is 13.2. The molecule has 0 heterocycles. The van der Waals surface area contributed by atoms with Gasteiger partial charge in [-0.1, -0.05) is 23.7 Å². The highest BCUT2D eigenvalue weighted by atomic mass is 35.5. The summed E-state index contributed by atoms with van der Waals surface area (Å²) in [4.78, 5) is 11.8. The van der Waals surface area contributed by atoms with Crippen LogP contribution in [0.4, 0.5) is 0 Å². The summed E-state index contributed by atoms with van der Waals surface area (Å²) >= 11 is 5.96. The molecular formula is C14H21ClN2O. The summed E-state index contributed by atoms with van der Waals surface area (Å²) in [5.41, 5.74) is 6.20. The van der Waals surface area contributed by atoms with Gasteiger partial charge in [-0.3, -0.25) is 4.79 Å². The van der Waals surface area contributed by atoms with Gasteiger partial charge in [0.1, 0.15) is 0 Å². The van der Waals surface area contributed by atoms with E-state index in [1.54, 1.807) is 0 Å². The van der Waals surface area contributed by atoms with E-state index in [9.17, 15) is 4.79 Å². The maximum Gasteiger partial charge on any atom is 0.220 e. The highest BCUT2D eigenvalue weighted by Crippen LogP contribution is 2.23. The molecule has 0 fully saturated rings. The number of nitrogens with two attached hydrogens (primary N) is 1. The number of benzene rings is 1. The second-order valence-electron chi connectivity index (χ2n) is 5.20. The van der Waals surface area contributed by atoms with Crippen molar-refractivity contribution in [2.75, 3.05) is 0 Å².